The lowest BCUT2D eigenvalue weighted by molar-refractivity contribution is 0.590. The van der Waals surface area contributed by atoms with E-state index in [1.807, 2.05) is 6.21 Å². The van der Waals surface area contributed by atoms with Gasteiger partial charge in [-0.2, -0.15) is 0 Å². The van der Waals surface area contributed by atoms with Crippen molar-refractivity contribution in [2.45, 2.75) is 40.0 Å². The van der Waals surface area contributed by atoms with Gasteiger partial charge in [-0.15, -0.1) is 0 Å². The van der Waals surface area contributed by atoms with Gasteiger partial charge in [0.2, 0.25) is 0 Å². The van der Waals surface area contributed by atoms with E-state index in [-0.39, 0.29) is 5.41 Å². The number of aliphatic imine (C=N–C) groups is 1. The fourth-order valence-electron chi connectivity index (χ4n) is 2.56. The fourth-order valence-corrected chi connectivity index (χ4v) is 2.56. The molecule has 2 aromatic rings. The van der Waals surface area contributed by atoms with Crippen molar-refractivity contribution in [2.24, 2.45) is 4.99 Å². The second-order valence-corrected chi connectivity index (χ2v) is 6.82. The third-order valence-electron chi connectivity index (χ3n) is 4.12. The Morgan fingerprint density at radius 1 is 0.870 bits per heavy atom. The van der Waals surface area contributed by atoms with Gasteiger partial charge >= 0.3 is 0 Å². The Labute approximate surface area is 140 Å². The number of hydrogen-bond donors (Lipinski definition) is 0. The highest BCUT2D eigenvalue weighted by molar-refractivity contribution is 5.82. The lowest BCUT2D eigenvalue weighted by atomic mass is 9.87. The number of hydrogen-bond acceptors (Lipinski definition) is 2. The average molecular weight is 308 g/mol. The molecule has 0 N–H and O–H groups in total. The van der Waals surface area contributed by atoms with Crippen molar-refractivity contribution in [2.75, 3.05) is 18.0 Å². The summed E-state index contributed by atoms with van der Waals surface area (Å²) in [6, 6.07) is 17.1. The quantitative estimate of drug-likeness (QED) is 0.658. The van der Waals surface area contributed by atoms with Crippen LogP contribution in [0.25, 0.3) is 0 Å². The van der Waals surface area contributed by atoms with Gasteiger partial charge in [0.05, 0.1) is 5.69 Å². The smallest absolute Gasteiger partial charge is 0.0631 e. The Kier molecular flexibility index (Phi) is 5.59. The Morgan fingerprint density at radius 2 is 1.43 bits per heavy atom. The molecule has 2 aromatic carbocycles. The molecule has 0 spiro atoms. The van der Waals surface area contributed by atoms with Crippen LogP contribution in [0.2, 0.25) is 0 Å². The topological polar surface area (TPSA) is 15.6 Å². The van der Waals surface area contributed by atoms with Crippen LogP contribution < -0.4 is 4.90 Å². The van der Waals surface area contributed by atoms with Crippen LogP contribution in [-0.4, -0.2) is 19.3 Å². The molecule has 0 aromatic heterocycles. The number of anilines is 1. The second kappa shape index (κ2) is 7.45. The van der Waals surface area contributed by atoms with E-state index in [1.165, 1.54) is 11.3 Å². The molecule has 0 radical (unpaired) electrons. The summed E-state index contributed by atoms with van der Waals surface area (Å²) < 4.78 is 0. The minimum Gasteiger partial charge on any atom is -0.372 e. The molecule has 0 unspecified atom stereocenters. The molecule has 0 atom stereocenters. The maximum Gasteiger partial charge on any atom is 0.0631 e. The predicted octanol–water partition coefficient (Wildman–Crippen LogP) is 5.58. The molecule has 122 valence electrons. The SMILES string of the molecule is CCN(CC)c1ccc(N=Cc2ccc(C(C)(C)C)cc2)cc1. The predicted molar refractivity (Wildman–Crippen MR) is 102 cm³/mol. The molecule has 0 aliphatic rings. The van der Waals surface area contributed by atoms with Crippen LogP contribution in [0.4, 0.5) is 11.4 Å². The van der Waals surface area contributed by atoms with E-state index in [9.17, 15) is 0 Å². The second-order valence-electron chi connectivity index (χ2n) is 6.82. The number of benzene rings is 2. The molecule has 0 heterocycles. The summed E-state index contributed by atoms with van der Waals surface area (Å²) in [7, 11) is 0. The van der Waals surface area contributed by atoms with Crippen molar-refractivity contribution in [3.8, 4) is 0 Å². The van der Waals surface area contributed by atoms with Crippen LogP contribution in [0, 0.1) is 0 Å². The molecule has 0 bridgehead atoms. The molecular weight excluding hydrogens is 280 g/mol. The van der Waals surface area contributed by atoms with Crippen LogP contribution in [-0.2, 0) is 5.41 Å². The van der Waals surface area contributed by atoms with E-state index >= 15 is 0 Å². The van der Waals surface area contributed by atoms with Gasteiger partial charge in [0.25, 0.3) is 0 Å². The van der Waals surface area contributed by atoms with Gasteiger partial charge in [0.1, 0.15) is 0 Å². The summed E-state index contributed by atoms with van der Waals surface area (Å²) in [5.74, 6) is 0. The first-order chi connectivity index (χ1) is 10.9. The lowest BCUT2D eigenvalue weighted by Gasteiger charge is -2.20. The molecule has 23 heavy (non-hydrogen) atoms. The molecule has 2 nitrogen and oxygen atoms in total. The first-order valence-corrected chi connectivity index (χ1v) is 8.43. The van der Waals surface area contributed by atoms with Gasteiger partial charge in [-0.05, 0) is 54.7 Å². The number of nitrogens with zero attached hydrogens (tertiary/aromatic N) is 2. The third-order valence-corrected chi connectivity index (χ3v) is 4.12. The summed E-state index contributed by atoms with van der Waals surface area (Å²) in [6.45, 7) is 13.1. The third kappa shape index (κ3) is 4.69. The minimum absolute atomic E-state index is 0.190. The molecule has 0 fully saturated rings. The van der Waals surface area contributed by atoms with E-state index in [0.29, 0.717) is 0 Å². The minimum atomic E-state index is 0.190. The lowest BCUT2D eigenvalue weighted by Crippen LogP contribution is -2.21. The highest BCUT2D eigenvalue weighted by Crippen LogP contribution is 2.22. The monoisotopic (exact) mass is 308 g/mol. The van der Waals surface area contributed by atoms with Crippen LogP contribution in [0.5, 0.6) is 0 Å². The molecular formula is C21H28N2. The Balaban J connectivity index is 2.08. The summed E-state index contributed by atoms with van der Waals surface area (Å²) in [5, 5.41) is 0. The van der Waals surface area contributed by atoms with Crippen molar-refractivity contribution in [1.82, 2.24) is 0 Å². The van der Waals surface area contributed by atoms with Gasteiger partial charge in [0, 0.05) is 25.0 Å². The Bertz CT molecular complexity index is 627. The molecule has 0 saturated carbocycles. The van der Waals surface area contributed by atoms with Crippen molar-refractivity contribution >= 4 is 17.6 Å². The van der Waals surface area contributed by atoms with E-state index < -0.39 is 0 Å². The zero-order valence-electron chi connectivity index (χ0n) is 15.0. The molecule has 0 saturated heterocycles. The van der Waals surface area contributed by atoms with E-state index in [4.69, 9.17) is 0 Å². The molecule has 2 rings (SSSR count). The number of rotatable bonds is 5. The van der Waals surface area contributed by atoms with Crippen LogP contribution in [0.1, 0.15) is 45.7 Å². The van der Waals surface area contributed by atoms with Crippen molar-refractivity contribution in [1.29, 1.82) is 0 Å². The highest BCUT2D eigenvalue weighted by Gasteiger charge is 2.12. The van der Waals surface area contributed by atoms with E-state index in [1.54, 1.807) is 0 Å². The van der Waals surface area contributed by atoms with Crippen molar-refractivity contribution in [3.63, 3.8) is 0 Å². The summed E-state index contributed by atoms with van der Waals surface area (Å²) in [4.78, 5) is 6.91. The highest BCUT2D eigenvalue weighted by atomic mass is 15.1. The molecule has 0 aliphatic carbocycles. The van der Waals surface area contributed by atoms with Crippen molar-refractivity contribution < 1.29 is 0 Å². The summed E-state index contributed by atoms with van der Waals surface area (Å²) in [5.41, 5.74) is 4.91. The van der Waals surface area contributed by atoms with Gasteiger partial charge in [-0.3, -0.25) is 4.99 Å². The van der Waals surface area contributed by atoms with Crippen LogP contribution >= 0.6 is 0 Å². The average Bonchev–Trinajstić information content (AvgIpc) is 2.55. The Hall–Kier alpha value is -2.09. The van der Waals surface area contributed by atoms with E-state index in [2.05, 4.69) is 93.0 Å². The zero-order chi connectivity index (χ0) is 16.9. The summed E-state index contributed by atoms with van der Waals surface area (Å²) >= 11 is 0. The normalized spacial score (nSPS) is 11.9. The van der Waals surface area contributed by atoms with Gasteiger partial charge in [-0.1, -0.05) is 45.0 Å². The first kappa shape index (κ1) is 17.3. The summed E-state index contributed by atoms with van der Waals surface area (Å²) in [6.07, 6.45) is 1.93. The van der Waals surface area contributed by atoms with Gasteiger partial charge < -0.3 is 4.90 Å². The standard InChI is InChI=1S/C21H28N2/c1-6-23(7-2)20-14-12-19(13-15-20)22-16-17-8-10-18(11-9-17)21(3,4)5/h8-16H,6-7H2,1-5H3. The zero-order valence-corrected chi connectivity index (χ0v) is 15.0. The largest absolute Gasteiger partial charge is 0.372 e. The van der Waals surface area contributed by atoms with Gasteiger partial charge in [-0.25, -0.2) is 0 Å². The Morgan fingerprint density at radius 3 is 1.91 bits per heavy atom. The maximum absolute atomic E-state index is 4.58. The van der Waals surface area contributed by atoms with E-state index in [0.717, 1.165) is 24.3 Å². The first-order valence-electron chi connectivity index (χ1n) is 8.43. The van der Waals surface area contributed by atoms with Crippen LogP contribution in [0.15, 0.2) is 53.5 Å². The molecule has 2 heteroatoms. The van der Waals surface area contributed by atoms with Crippen LogP contribution in [0.3, 0.4) is 0 Å². The van der Waals surface area contributed by atoms with Crippen molar-refractivity contribution in [3.05, 3.63) is 59.7 Å². The molecule has 0 amide bonds. The molecule has 0 aliphatic heterocycles. The fraction of sp³-hybridized carbons (Fsp3) is 0.381. The maximum atomic E-state index is 4.58. The van der Waals surface area contributed by atoms with Gasteiger partial charge in [0.15, 0.2) is 0 Å².